The Kier molecular flexibility index (Phi) is 4.10. The lowest BCUT2D eigenvalue weighted by Gasteiger charge is -2.07. The molecule has 0 aliphatic rings. The lowest BCUT2D eigenvalue weighted by molar-refractivity contribution is -0.137. The first-order chi connectivity index (χ1) is 6.93. The van der Waals surface area contributed by atoms with Crippen LogP contribution >= 0.6 is 11.3 Å². The lowest BCUT2D eigenvalue weighted by atomic mass is 10.1. The topological polar surface area (TPSA) is 38.9 Å². The van der Waals surface area contributed by atoms with E-state index >= 15 is 0 Å². The fourth-order valence-corrected chi connectivity index (χ4v) is 1.97. The molecule has 0 bridgehead atoms. The minimum absolute atomic E-state index is 0.0989. The van der Waals surface area contributed by atoms with E-state index in [4.69, 9.17) is 5.73 Å². The van der Waals surface area contributed by atoms with Crippen molar-refractivity contribution in [2.45, 2.75) is 38.4 Å². The van der Waals surface area contributed by atoms with Crippen molar-refractivity contribution in [3.05, 3.63) is 16.1 Å². The Hall–Kier alpha value is -0.620. The van der Waals surface area contributed by atoms with Crippen LogP contribution in [0, 0.1) is 0 Å². The third kappa shape index (κ3) is 3.79. The molecule has 6 heteroatoms. The van der Waals surface area contributed by atoms with Crippen LogP contribution < -0.4 is 5.73 Å². The Balaban J connectivity index is 2.61. The van der Waals surface area contributed by atoms with Crippen molar-refractivity contribution in [1.29, 1.82) is 0 Å². The maximum atomic E-state index is 12.2. The Labute approximate surface area is 90.3 Å². The average molecular weight is 238 g/mol. The molecule has 1 aromatic rings. The number of thiazole rings is 1. The van der Waals surface area contributed by atoms with E-state index in [-0.39, 0.29) is 6.04 Å². The van der Waals surface area contributed by atoms with Gasteiger partial charge < -0.3 is 5.73 Å². The summed E-state index contributed by atoms with van der Waals surface area (Å²) in [6.45, 7) is 1.99. The van der Waals surface area contributed by atoms with Crippen molar-refractivity contribution in [2.75, 3.05) is 0 Å². The van der Waals surface area contributed by atoms with Crippen LogP contribution in [0.5, 0.6) is 0 Å². The summed E-state index contributed by atoms with van der Waals surface area (Å²) in [5.74, 6) is 0. The van der Waals surface area contributed by atoms with E-state index in [1.165, 1.54) is 5.38 Å². The number of hydrogen-bond donors (Lipinski definition) is 1. The molecular weight excluding hydrogens is 225 g/mol. The summed E-state index contributed by atoms with van der Waals surface area (Å²) in [6.07, 6.45) is -2.19. The fourth-order valence-electron chi connectivity index (χ4n) is 1.27. The van der Waals surface area contributed by atoms with Gasteiger partial charge >= 0.3 is 6.18 Å². The molecule has 1 rings (SSSR count). The quantitative estimate of drug-likeness (QED) is 0.876. The molecule has 0 aliphatic carbocycles. The predicted molar refractivity (Wildman–Crippen MR) is 53.7 cm³/mol. The third-order valence-corrected chi connectivity index (χ3v) is 2.86. The first kappa shape index (κ1) is 12.4. The lowest BCUT2D eigenvalue weighted by Crippen LogP contribution is -2.22. The molecule has 86 valence electrons. The minimum Gasteiger partial charge on any atom is -0.327 e. The van der Waals surface area contributed by atoms with Crippen molar-refractivity contribution >= 4 is 11.3 Å². The van der Waals surface area contributed by atoms with Gasteiger partial charge in [0.2, 0.25) is 0 Å². The fraction of sp³-hybridized carbons (Fsp3) is 0.667. The third-order valence-electron chi connectivity index (χ3n) is 1.93. The van der Waals surface area contributed by atoms with Gasteiger partial charge in [0.1, 0.15) is 0 Å². The minimum atomic E-state index is -4.34. The monoisotopic (exact) mass is 238 g/mol. The van der Waals surface area contributed by atoms with E-state index in [0.717, 1.165) is 12.8 Å². The normalized spacial score (nSPS) is 14.2. The Morgan fingerprint density at radius 1 is 1.53 bits per heavy atom. The molecule has 1 unspecified atom stereocenters. The molecule has 0 spiro atoms. The van der Waals surface area contributed by atoms with Crippen molar-refractivity contribution in [1.82, 2.24) is 4.98 Å². The number of halogens is 3. The number of nitrogens with zero attached hydrogens (tertiary/aromatic N) is 1. The molecule has 0 aliphatic heterocycles. The number of nitrogens with two attached hydrogens (primary N) is 1. The SMILES string of the molecule is CCCC(N)Cc1csc(C(F)(F)F)n1. The van der Waals surface area contributed by atoms with Gasteiger partial charge in [-0.25, -0.2) is 4.98 Å². The molecule has 0 saturated carbocycles. The van der Waals surface area contributed by atoms with Crippen LogP contribution in [-0.2, 0) is 12.6 Å². The molecule has 1 aromatic heterocycles. The highest BCUT2D eigenvalue weighted by molar-refractivity contribution is 7.09. The first-order valence-electron chi connectivity index (χ1n) is 4.70. The van der Waals surface area contributed by atoms with Crippen LogP contribution in [0.2, 0.25) is 0 Å². The van der Waals surface area contributed by atoms with E-state index in [0.29, 0.717) is 23.5 Å². The van der Waals surface area contributed by atoms with Crippen LogP contribution in [0.3, 0.4) is 0 Å². The highest BCUT2D eigenvalue weighted by Gasteiger charge is 2.34. The van der Waals surface area contributed by atoms with E-state index < -0.39 is 11.2 Å². The van der Waals surface area contributed by atoms with E-state index in [9.17, 15) is 13.2 Å². The highest BCUT2D eigenvalue weighted by atomic mass is 32.1. The summed E-state index contributed by atoms with van der Waals surface area (Å²) in [4.78, 5) is 3.52. The molecule has 0 radical (unpaired) electrons. The summed E-state index contributed by atoms with van der Waals surface area (Å²) in [6, 6.07) is -0.0989. The maximum Gasteiger partial charge on any atom is 0.443 e. The van der Waals surface area contributed by atoms with Crippen LogP contribution in [0.1, 0.15) is 30.5 Å². The average Bonchev–Trinajstić information content (AvgIpc) is 2.52. The Morgan fingerprint density at radius 2 is 2.20 bits per heavy atom. The van der Waals surface area contributed by atoms with Gasteiger partial charge in [-0.3, -0.25) is 0 Å². The molecule has 0 aromatic carbocycles. The molecule has 2 N–H and O–H groups in total. The molecule has 15 heavy (non-hydrogen) atoms. The van der Waals surface area contributed by atoms with Gasteiger partial charge in [0.05, 0.1) is 5.69 Å². The van der Waals surface area contributed by atoms with Gasteiger partial charge in [0.15, 0.2) is 5.01 Å². The summed E-state index contributed by atoms with van der Waals surface area (Å²) >= 11 is 0.625. The second-order valence-corrected chi connectivity index (χ2v) is 4.25. The Morgan fingerprint density at radius 3 is 2.67 bits per heavy atom. The van der Waals surface area contributed by atoms with Crippen LogP contribution in [0.4, 0.5) is 13.2 Å². The first-order valence-corrected chi connectivity index (χ1v) is 5.58. The van der Waals surface area contributed by atoms with E-state index in [1.54, 1.807) is 0 Å². The molecule has 1 atom stereocenters. The second-order valence-electron chi connectivity index (χ2n) is 3.39. The van der Waals surface area contributed by atoms with Crippen molar-refractivity contribution in [3.8, 4) is 0 Å². The Bertz CT molecular complexity index is 309. The van der Waals surface area contributed by atoms with E-state index in [2.05, 4.69) is 4.98 Å². The summed E-state index contributed by atoms with van der Waals surface area (Å²) < 4.78 is 36.6. The largest absolute Gasteiger partial charge is 0.443 e. The van der Waals surface area contributed by atoms with Crippen molar-refractivity contribution < 1.29 is 13.2 Å². The second kappa shape index (κ2) is 4.94. The summed E-state index contributed by atoms with van der Waals surface area (Å²) in [5, 5.41) is 0.638. The maximum absolute atomic E-state index is 12.2. The molecule has 0 fully saturated rings. The smallest absolute Gasteiger partial charge is 0.327 e. The molecule has 0 amide bonds. The standard InChI is InChI=1S/C9H13F3N2S/c1-2-3-6(13)4-7-5-15-8(14-7)9(10,11)12/h5-6H,2-4,13H2,1H3. The van der Waals surface area contributed by atoms with Crippen molar-refractivity contribution in [3.63, 3.8) is 0 Å². The zero-order chi connectivity index (χ0) is 11.5. The zero-order valence-corrected chi connectivity index (χ0v) is 9.16. The van der Waals surface area contributed by atoms with Crippen LogP contribution in [0.15, 0.2) is 5.38 Å². The number of alkyl halides is 3. The predicted octanol–water partition coefficient (Wildman–Crippen LogP) is 2.83. The number of aromatic nitrogens is 1. The van der Waals surface area contributed by atoms with Gasteiger partial charge in [0.25, 0.3) is 0 Å². The van der Waals surface area contributed by atoms with Crippen molar-refractivity contribution in [2.24, 2.45) is 5.73 Å². The molecular formula is C9H13F3N2S. The van der Waals surface area contributed by atoms with Crippen LogP contribution in [0.25, 0.3) is 0 Å². The molecule has 2 nitrogen and oxygen atoms in total. The van der Waals surface area contributed by atoms with Gasteiger partial charge in [-0.1, -0.05) is 13.3 Å². The zero-order valence-electron chi connectivity index (χ0n) is 8.34. The summed E-state index contributed by atoms with van der Waals surface area (Å²) in [7, 11) is 0. The number of rotatable bonds is 4. The van der Waals surface area contributed by atoms with E-state index in [1.807, 2.05) is 6.92 Å². The van der Waals surface area contributed by atoms with Crippen LogP contribution in [-0.4, -0.2) is 11.0 Å². The van der Waals surface area contributed by atoms with Gasteiger partial charge in [-0.2, -0.15) is 13.2 Å². The summed E-state index contributed by atoms with van der Waals surface area (Å²) in [5.41, 5.74) is 6.16. The van der Waals surface area contributed by atoms with Gasteiger partial charge in [-0.15, -0.1) is 11.3 Å². The van der Waals surface area contributed by atoms with Gasteiger partial charge in [0, 0.05) is 17.8 Å². The molecule has 1 heterocycles. The highest BCUT2D eigenvalue weighted by Crippen LogP contribution is 2.31. The molecule has 0 saturated heterocycles. The number of hydrogen-bond acceptors (Lipinski definition) is 3. The van der Waals surface area contributed by atoms with Gasteiger partial charge in [-0.05, 0) is 6.42 Å².